The summed E-state index contributed by atoms with van der Waals surface area (Å²) in [6.45, 7) is 3.43. The molecule has 2 aliphatic rings. The molecule has 0 amide bonds. The van der Waals surface area contributed by atoms with Gasteiger partial charge in [0.25, 0.3) is 0 Å². The Morgan fingerprint density at radius 3 is 2.62 bits per heavy atom. The number of nitrogens with one attached hydrogen (secondary N) is 1. The molecule has 2 rings (SSSR count). The molecule has 2 nitrogen and oxygen atoms in total. The lowest BCUT2D eigenvalue weighted by atomic mass is 9.96. The molecule has 0 aromatic carbocycles. The van der Waals surface area contributed by atoms with Gasteiger partial charge in [-0.25, -0.2) is 0 Å². The molecule has 0 aromatic heterocycles. The Morgan fingerprint density at radius 1 is 1.19 bits per heavy atom. The molecule has 3 heteroatoms. The second kappa shape index (κ2) is 5.85. The minimum atomic E-state index is 0.652. The quantitative estimate of drug-likeness (QED) is 0.747. The van der Waals surface area contributed by atoms with E-state index in [-0.39, 0.29) is 0 Å². The SMILES string of the molecule is CCC1CCCN1C(=S)NC1CCCCC1. The van der Waals surface area contributed by atoms with Crippen molar-refractivity contribution in [2.45, 2.75) is 70.4 Å². The summed E-state index contributed by atoms with van der Waals surface area (Å²) in [5, 5.41) is 4.61. The van der Waals surface area contributed by atoms with Gasteiger partial charge in [-0.2, -0.15) is 0 Å². The van der Waals surface area contributed by atoms with Crippen molar-refractivity contribution in [2.75, 3.05) is 6.54 Å². The highest BCUT2D eigenvalue weighted by molar-refractivity contribution is 7.80. The van der Waals surface area contributed by atoms with Crippen LogP contribution in [-0.4, -0.2) is 28.6 Å². The lowest BCUT2D eigenvalue weighted by molar-refractivity contribution is 0.350. The molecule has 0 spiro atoms. The fraction of sp³-hybridized carbons (Fsp3) is 0.923. The van der Waals surface area contributed by atoms with Crippen LogP contribution in [0.3, 0.4) is 0 Å². The van der Waals surface area contributed by atoms with Crippen molar-refractivity contribution in [3.63, 3.8) is 0 Å². The largest absolute Gasteiger partial charge is 0.360 e. The highest BCUT2D eigenvalue weighted by Gasteiger charge is 2.26. The molecule has 1 saturated carbocycles. The summed E-state index contributed by atoms with van der Waals surface area (Å²) in [6.07, 6.45) is 10.6. The normalized spacial score (nSPS) is 27.1. The standard InChI is InChI=1S/C13H24N2S/c1-2-12-9-6-10-15(12)13(16)14-11-7-4-3-5-8-11/h11-12H,2-10H2,1H3,(H,14,16). The zero-order chi connectivity index (χ0) is 11.4. The predicted molar refractivity (Wildman–Crippen MR) is 72.6 cm³/mol. The summed E-state index contributed by atoms with van der Waals surface area (Å²) in [4.78, 5) is 2.42. The van der Waals surface area contributed by atoms with Crippen LogP contribution in [0.25, 0.3) is 0 Å². The maximum absolute atomic E-state index is 5.55. The third-order valence-electron chi connectivity index (χ3n) is 4.04. The van der Waals surface area contributed by atoms with Gasteiger partial charge in [0.1, 0.15) is 0 Å². The fourth-order valence-corrected chi connectivity index (χ4v) is 3.44. The average Bonchev–Trinajstić information content (AvgIpc) is 2.78. The maximum Gasteiger partial charge on any atom is 0.169 e. The number of rotatable bonds is 2. The molecule has 92 valence electrons. The van der Waals surface area contributed by atoms with Crippen LogP contribution in [0.1, 0.15) is 58.3 Å². The molecule has 1 aliphatic heterocycles. The van der Waals surface area contributed by atoms with E-state index < -0.39 is 0 Å². The lowest BCUT2D eigenvalue weighted by Crippen LogP contribution is -2.47. The third-order valence-corrected chi connectivity index (χ3v) is 4.39. The van der Waals surface area contributed by atoms with Gasteiger partial charge in [-0.3, -0.25) is 0 Å². The lowest BCUT2D eigenvalue weighted by Gasteiger charge is -2.31. The second-order valence-electron chi connectivity index (χ2n) is 5.18. The molecule has 1 atom stereocenters. The summed E-state index contributed by atoms with van der Waals surface area (Å²) in [6, 6.07) is 1.35. The Kier molecular flexibility index (Phi) is 4.45. The molecule has 1 saturated heterocycles. The number of hydrogen-bond acceptors (Lipinski definition) is 1. The molecule has 1 heterocycles. The molecule has 0 radical (unpaired) electrons. The Labute approximate surface area is 105 Å². The predicted octanol–water partition coefficient (Wildman–Crippen LogP) is 3.07. The van der Waals surface area contributed by atoms with Crippen molar-refractivity contribution < 1.29 is 0 Å². The number of likely N-dealkylation sites (tertiary alicyclic amines) is 1. The minimum absolute atomic E-state index is 0.652. The van der Waals surface area contributed by atoms with Crippen molar-refractivity contribution in [2.24, 2.45) is 0 Å². The van der Waals surface area contributed by atoms with Gasteiger partial charge in [0.15, 0.2) is 5.11 Å². The van der Waals surface area contributed by atoms with E-state index >= 15 is 0 Å². The second-order valence-corrected chi connectivity index (χ2v) is 5.57. The van der Waals surface area contributed by atoms with Crippen LogP contribution >= 0.6 is 12.2 Å². The van der Waals surface area contributed by atoms with E-state index in [2.05, 4.69) is 17.1 Å². The molecule has 0 aromatic rings. The zero-order valence-corrected chi connectivity index (χ0v) is 11.2. The summed E-state index contributed by atoms with van der Waals surface area (Å²) in [7, 11) is 0. The van der Waals surface area contributed by atoms with Crippen molar-refractivity contribution in [3.05, 3.63) is 0 Å². The first-order valence-electron chi connectivity index (χ1n) is 6.88. The molecule has 1 aliphatic carbocycles. The molecular weight excluding hydrogens is 216 g/mol. The molecule has 2 fully saturated rings. The summed E-state index contributed by atoms with van der Waals surface area (Å²) < 4.78 is 0. The Bertz CT molecular complexity index is 236. The maximum atomic E-state index is 5.55. The highest BCUT2D eigenvalue weighted by Crippen LogP contribution is 2.22. The van der Waals surface area contributed by atoms with Crippen molar-refractivity contribution in [1.82, 2.24) is 10.2 Å². The first-order chi connectivity index (χ1) is 7.81. The first-order valence-corrected chi connectivity index (χ1v) is 7.29. The van der Waals surface area contributed by atoms with Crippen molar-refractivity contribution in [3.8, 4) is 0 Å². The van der Waals surface area contributed by atoms with Crippen LogP contribution in [-0.2, 0) is 0 Å². The Hall–Kier alpha value is -0.310. The zero-order valence-electron chi connectivity index (χ0n) is 10.4. The molecular formula is C13H24N2S. The Balaban J connectivity index is 1.82. The van der Waals surface area contributed by atoms with Crippen LogP contribution in [0.4, 0.5) is 0 Å². The number of thiocarbonyl (C=S) groups is 1. The topological polar surface area (TPSA) is 15.3 Å². The molecule has 0 bridgehead atoms. The third kappa shape index (κ3) is 2.88. The van der Waals surface area contributed by atoms with Gasteiger partial charge in [0.2, 0.25) is 0 Å². The highest BCUT2D eigenvalue weighted by atomic mass is 32.1. The van der Waals surface area contributed by atoms with Crippen LogP contribution in [0.15, 0.2) is 0 Å². The van der Waals surface area contributed by atoms with E-state index in [1.165, 1.54) is 51.4 Å². The average molecular weight is 240 g/mol. The van der Waals surface area contributed by atoms with Crippen LogP contribution < -0.4 is 5.32 Å². The molecule has 16 heavy (non-hydrogen) atoms. The summed E-state index contributed by atoms with van der Waals surface area (Å²) in [5.74, 6) is 0. The van der Waals surface area contributed by atoms with E-state index in [0.717, 1.165) is 11.7 Å². The fourth-order valence-electron chi connectivity index (χ4n) is 3.03. The first kappa shape index (κ1) is 12.2. The van der Waals surface area contributed by atoms with Crippen molar-refractivity contribution in [1.29, 1.82) is 0 Å². The van der Waals surface area contributed by atoms with E-state index in [1.54, 1.807) is 0 Å². The van der Waals surface area contributed by atoms with E-state index in [9.17, 15) is 0 Å². The summed E-state index contributed by atoms with van der Waals surface area (Å²) in [5.41, 5.74) is 0. The van der Waals surface area contributed by atoms with E-state index in [4.69, 9.17) is 12.2 Å². The van der Waals surface area contributed by atoms with Gasteiger partial charge in [0, 0.05) is 18.6 Å². The number of hydrogen-bond donors (Lipinski definition) is 1. The van der Waals surface area contributed by atoms with Crippen LogP contribution in [0.5, 0.6) is 0 Å². The van der Waals surface area contributed by atoms with Gasteiger partial charge in [-0.15, -0.1) is 0 Å². The molecule has 1 N–H and O–H groups in total. The minimum Gasteiger partial charge on any atom is -0.360 e. The van der Waals surface area contributed by atoms with Gasteiger partial charge >= 0.3 is 0 Å². The monoisotopic (exact) mass is 240 g/mol. The smallest absolute Gasteiger partial charge is 0.169 e. The van der Waals surface area contributed by atoms with Crippen LogP contribution in [0, 0.1) is 0 Å². The van der Waals surface area contributed by atoms with E-state index in [0.29, 0.717) is 12.1 Å². The Morgan fingerprint density at radius 2 is 1.94 bits per heavy atom. The van der Waals surface area contributed by atoms with Gasteiger partial charge in [0.05, 0.1) is 0 Å². The van der Waals surface area contributed by atoms with Crippen LogP contribution in [0.2, 0.25) is 0 Å². The van der Waals surface area contributed by atoms with Gasteiger partial charge in [-0.1, -0.05) is 26.2 Å². The van der Waals surface area contributed by atoms with Crippen molar-refractivity contribution >= 4 is 17.3 Å². The number of nitrogens with zero attached hydrogens (tertiary/aromatic N) is 1. The van der Waals surface area contributed by atoms with Gasteiger partial charge < -0.3 is 10.2 Å². The van der Waals surface area contributed by atoms with Gasteiger partial charge in [-0.05, 0) is 44.3 Å². The van der Waals surface area contributed by atoms with E-state index in [1.807, 2.05) is 0 Å². The summed E-state index contributed by atoms with van der Waals surface area (Å²) >= 11 is 5.55. The molecule has 1 unspecified atom stereocenters.